The number of unbranched alkanes of at least 4 members (excludes halogenated alkanes) is 34. The van der Waals surface area contributed by atoms with Crippen molar-refractivity contribution in [2.45, 2.75) is 245 Å². The molecule has 0 aromatic carbocycles. The predicted molar refractivity (Wildman–Crippen MR) is 195 cm³/mol. The fourth-order valence-electron chi connectivity index (χ4n) is 6.61. The minimum absolute atomic E-state index is 0.918. The summed E-state index contributed by atoms with van der Waals surface area (Å²) < 4.78 is 0. The van der Waals surface area contributed by atoms with Crippen LogP contribution in [0.5, 0.6) is 0 Å². The van der Waals surface area contributed by atoms with E-state index in [1.165, 1.54) is 218 Å². The summed E-state index contributed by atoms with van der Waals surface area (Å²) in [7, 11) is 0. The number of amides is 1. The molecule has 0 fully saturated rings. The van der Waals surface area contributed by atoms with Gasteiger partial charge in [0, 0.05) is 13.1 Å². The Morgan fingerprint density at radius 3 is 0.605 bits per heavy atom. The third-order valence-corrected chi connectivity index (χ3v) is 9.69. The molecule has 0 saturated heterocycles. The molecule has 0 saturated carbocycles. The molecular formula is C41H82NO. The summed E-state index contributed by atoms with van der Waals surface area (Å²) in [6.07, 6.45) is 52.8. The first-order valence-electron chi connectivity index (χ1n) is 20.5. The SMILES string of the molecule is CCCCCCCCCCCCCCCCCCCCN([C]=O)CCCCCCCCCCCCCCCCCCCC. The maximum Gasteiger partial charge on any atom is 0.312 e. The largest absolute Gasteiger partial charge is 0.334 e. The Morgan fingerprint density at radius 1 is 0.279 bits per heavy atom. The van der Waals surface area contributed by atoms with Crippen molar-refractivity contribution in [1.82, 2.24) is 4.90 Å². The van der Waals surface area contributed by atoms with Gasteiger partial charge >= 0.3 is 6.41 Å². The summed E-state index contributed by atoms with van der Waals surface area (Å²) >= 11 is 0. The molecule has 0 aromatic rings. The van der Waals surface area contributed by atoms with Gasteiger partial charge in [0.15, 0.2) is 0 Å². The minimum Gasteiger partial charge on any atom is -0.334 e. The highest BCUT2D eigenvalue weighted by Gasteiger charge is 2.03. The third kappa shape index (κ3) is 37.6. The molecule has 0 bridgehead atoms. The van der Waals surface area contributed by atoms with Gasteiger partial charge in [-0.1, -0.05) is 232 Å². The Morgan fingerprint density at radius 2 is 0.442 bits per heavy atom. The second-order valence-electron chi connectivity index (χ2n) is 14.1. The van der Waals surface area contributed by atoms with Crippen molar-refractivity contribution >= 4 is 6.41 Å². The number of carbonyl (C=O) groups excluding carboxylic acids is 1. The van der Waals surface area contributed by atoms with Gasteiger partial charge in [0.1, 0.15) is 0 Å². The van der Waals surface area contributed by atoms with Crippen molar-refractivity contribution in [2.24, 2.45) is 0 Å². The summed E-state index contributed by atoms with van der Waals surface area (Å²) in [5.74, 6) is 0. The molecule has 0 heterocycles. The molecule has 43 heavy (non-hydrogen) atoms. The Bertz CT molecular complexity index is 452. The van der Waals surface area contributed by atoms with Crippen molar-refractivity contribution in [3.05, 3.63) is 0 Å². The first kappa shape index (κ1) is 42.5. The highest BCUT2D eigenvalue weighted by molar-refractivity contribution is 5.47. The number of hydrogen-bond donors (Lipinski definition) is 0. The van der Waals surface area contributed by atoms with Gasteiger partial charge in [0.05, 0.1) is 0 Å². The standard InChI is InChI=1S/C41H82NO/c1-3-5-7-9-11-13-15-17-19-21-23-25-27-29-31-33-35-37-39-42(41-43)40-38-36-34-32-30-28-26-24-22-20-18-16-14-12-10-8-6-4-2/h3-40H2,1-2H3. The molecule has 0 unspecified atom stereocenters. The fraction of sp³-hybridized carbons (Fsp3) is 0.976. The molecule has 2 nitrogen and oxygen atoms in total. The fourth-order valence-corrected chi connectivity index (χ4v) is 6.61. The lowest BCUT2D eigenvalue weighted by molar-refractivity contribution is 0.356. The van der Waals surface area contributed by atoms with Gasteiger partial charge in [-0.15, -0.1) is 0 Å². The van der Waals surface area contributed by atoms with E-state index in [0.717, 1.165) is 25.9 Å². The Balaban J connectivity index is 3.24. The second-order valence-corrected chi connectivity index (χ2v) is 14.1. The lowest BCUT2D eigenvalue weighted by atomic mass is 10.0. The average Bonchev–Trinajstić information content (AvgIpc) is 3.02. The zero-order valence-corrected chi connectivity index (χ0v) is 30.2. The average molecular weight is 605 g/mol. The summed E-state index contributed by atoms with van der Waals surface area (Å²) in [6, 6.07) is 0. The molecule has 1 amide bonds. The Hall–Kier alpha value is -0.530. The first-order chi connectivity index (χ1) is 21.3. The smallest absolute Gasteiger partial charge is 0.312 e. The summed E-state index contributed by atoms with van der Waals surface area (Å²) in [5.41, 5.74) is 0. The van der Waals surface area contributed by atoms with Crippen LogP contribution in [0.1, 0.15) is 245 Å². The predicted octanol–water partition coefficient (Wildman–Crippen LogP) is 14.4. The molecule has 0 atom stereocenters. The van der Waals surface area contributed by atoms with E-state index in [4.69, 9.17) is 0 Å². The lowest BCUT2D eigenvalue weighted by Crippen LogP contribution is -2.24. The molecule has 0 aliphatic carbocycles. The number of nitrogens with zero attached hydrogens (tertiary/aromatic N) is 1. The molecule has 257 valence electrons. The van der Waals surface area contributed by atoms with Crippen LogP contribution in [0.4, 0.5) is 0 Å². The summed E-state index contributed by atoms with van der Waals surface area (Å²) in [5, 5.41) is 0. The summed E-state index contributed by atoms with van der Waals surface area (Å²) in [6.45, 7) is 6.43. The highest BCUT2D eigenvalue weighted by Crippen LogP contribution is 2.16. The van der Waals surface area contributed by atoms with E-state index >= 15 is 0 Å². The van der Waals surface area contributed by atoms with Gasteiger partial charge in [-0.3, -0.25) is 4.79 Å². The van der Waals surface area contributed by atoms with E-state index in [2.05, 4.69) is 20.3 Å². The van der Waals surface area contributed by atoms with Gasteiger partial charge in [0.2, 0.25) is 0 Å². The van der Waals surface area contributed by atoms with Gasteiger partial charge < -0.3 is 4.90 Å². The molecule has 1 radical (unpaired) electrons. The zero-order valence-electron chi connectivity index (χ0n) is 30.2. The van der Waals surface area contributed by atoms with E-state index in [-0.39, 0.29) is 0 Å². The van der Waals surface area contributed by atoms with Crippen LogP contribution in [0.2, 0.25) is 0 Å². The maximum absolute atomic E-state index is 11.3. The van der Waals surface area contributed by atoms with Crippen LogP contribution >= 0.6 is 0 Å². The monoisotopic (exact) mass is 605 g/mol. The van der Waals surface area contributed by atoms with Crippen molar-refractivity contribution in [1.29, 1.82) is 0 Å². The normalized spacial score (nSPS) is 11.4. The van der Waals surface area contributed by atoms with Crippen LogP contribution in [-0.4, -0.2) is 24.4 Å². The van der Waals surface area contributed by atoms with Crippen molar-refractivity contribution in [3.63, 3.8) is 0 Å². The number of rotatable bonds is 39. The molecule has 0 aromatic heterocycles. The van der Waals surface area contributed by atoms with Crippen LogP contribution in [0.15, 0.2) is 0 Å². The lowest BCUT2D eigenvalue weighted by Gasteiger charge is -2.16. The maximum atomic E-state index is 11.3. The molecule has 0 N–H and O–H groups in total. The highest BCUT2D eigenvalue weighted by atomic mass is 16.1. The molecule has 2 heteroatoms. The van der Waals surface area contributed by atoms with Gasteiger partial charge in [-0.25, -0.2) is 0 Å². The van der Waals surface area contributed by atoms with E-state index < -0.39 is 0 Å². The van der Waals surface area contributed by atoms with Gasteiger partial charge in [0.25, 0.3) is 0 Å². The number of hydrogen-bond acceptors (Lipinski definition) is 1. The minimum atomic E-state index is 0.918. The van der Waals surface area contributed by atoms with E-state index in [1.807, 2.05) is 4.90 Å². The summed E-state index contributed by atoms with van der Waals surface area (Å²) in [4.78, 5) is 13.2. The van der Waals surface area contributed by atoms with Gasteiger partial charge in [-0.2, -0.15) is 0 Å². The Labute approximate surface area is 273 Å². The van der Waals surface area contributed by atoms with E-state index in [0.29, 0.717) is 0 Å². The van der Waals surface area contributed by atoms with Crippen LogP contribution in [0.3, 0.4) is 0 Å². The van der Waals surface area contributed by atoms with E-state index in [1.54, 1.807) is 0 Å². The Kier molecular flexibility index (Phi) is 39.0. The van der Waals surface area contributed by atoms with Crippen molar-refractivity contribution in [3.8, 4) is 0 Å². The molecule has 0 spiro atoms. The van der Waals surface area contributed by atoms with E-state index in [9.17, 15) is 4.79 Å². The van der Waals surface area contributed by atoms with Crippen LogP contribution in [-0.2, 0) is 4.79 Å². The first-order valence-corrected chi connectivity index (χ1v) is 20.5. The molecule has 0 rings (SSSR count). The van der Waals surface area contributed by atoms with Crippen LogP contribution < -0.4 is 0 Å². The van der Waals surface area contributed by atoms with Crippen LogP contribution in [0.25, 0.3) is 0 Å². The molecular weight excluding hydrogens is 522 g/mol. The van der Waals surface area contributed by atoms with Crippen molar-refractivity contribution < 1.29 is 4.79 Å². The zero-order chi connectivity index (χ0) is 31.2. The van der Waals surface area contributed by atoms with Crippen LogP contribution in [0, 0.1) is 0 Å². The topological polar surface area (TPSA) is 20.3 Å². The van der Waals surface area contributed by atoms with Gasteiger partial charge in [-0.05, 0) is 12.8 Å². The second kappa shape index (κ2) is 39.5. The molecule has 0 aliphatic rings. The molecule has 0 aliphatic heterocycles. The third-order valence-electron chi connectivity index (χ3n) is 9.69. The quantitative estimate of drug-likeness (QED) is 0.0505. The van der Waals surface area contributed by atoms with Crippen molar-refractivity contribution in [2.75, 3.05) is 13.1 Å².